The van der Waals surface area contributed by atoms with Crippen LogP contribution in [0.2, 0.25) is 5.28 Å². The summed E-state index contributed by atoms with van der Waals surface area (Å²) in [7, 11) is 0. The molecule has 3 aromatic rings. The molecule has 9 heteroatoms. The van der Waals surface area contributed by atoms with E-state index in [1.807, 2.05) is 31.2 Å². The van der Waals surface area contributed by atoms with Crippen LogP contribution in [0.15, 0.2) is 59.6 Å². The van der Waals surface area contributed by atoms with Crippen LogP contribution < -0.4 is 4.74 Å². The number of nitrogens with zero attached hydrogens (tertiary/aromatic N) is 3. The molecule has 0 spiro atoms. The molecule has 1 saturated heterocycles. The van der Waals surface area contributed by atoms with E-state index in [-0.39, 0.29) is 28.9 Å². The average Bonchev–Trinajstić information content (AvgIpc) is 3.00. The number of hydrogen-bond acceptors (Lipinski definition) is 6. The molecule has 0 aliphatic carbocycles. The predicted molar refractivity (Wildman–Crippen MR) is 116 cm³/mol. The lowest BCUT2D eigenvalue weighted by molar-refractivity contribution is -0.123. The van der Waals surface area contributed by atoms with Crippen molar-refractivity contribution < 1.29 is 18.7 Å². The Morgan fingerprint density at radius 1 is 1.19 bits per heavy atom. The summed E-state index contributed by atoms with van der Waals surface area (Å²) in [6, 6.07) is 14.3. The van der Waals surface area contributed by atoms with Crippen molar-refractivity contribution in [2.75, 3.05) is 0 Å². The SMILES string of the molecule is Cc1ccc(CN2C(=O)S/C(=C/c3cccc(Oc4nc(Cl)ncc4F)c3)C2=O)cc1. The molecule has 31 heavy (non-hydrogen) atoms. The first-order valence-electron chi connectivity index (χ1n) is 9.16. The van der Waals surface area contributed by atoms with E-state index in [0.29, 0.717) is 16.2 Å². The van der Waals surface area contributed by atoms with E-state index >= 15 is 0 Å². The highest BCUT2D eigenvalue weighted by Gasteiger charge is 2.34. The lowest BCUT2D eigenvalue weighted by Crippen LogP contribution is -2.27. The maximum Gasteiger partial charge on any atom is 0.293 e. The third-order valence-electron chi connectivity index (χ3n) is 4.39. The first-order valence-corrected chi connectivity index (χ1v) is 10.4. The zero-order valence-electron chi connectivity index (χ0n) is 16.2. The highest BCUT2D eigenvalue weighted by molar-refractivity contribution is 8.18. The second kappa shape index (κ2) is 8.87. The Morgan fingerprint density at radius 2 is 1.97 bits per heavy atom. The molecular weight excluding hydrogens is 441 g/mol. The molecule has 1 aliphatic heterocycles. The summed E-state index contributed by atoms with van der Waals surface area (Å²) in [5.74, 6) is -1.14. The third kappa shape index (κ3) is 4.92. The van der Waals surface area contributed by atoms with Crippen LogP contribution in [0.25, 0.3) is 6.08 Å². The number of aromatic nitrogens is 2. The van der Waals surface area contributed by atoms with Crippen LogP contribution in [0.4, 0.5) is 9.18 Å². The molecular formula is C22H15ClFN3O3S. The van der Waals surface area contributed by atoms with Crippen molar-refractivity contribution in [3.63, 3.8) is 0 Å². The minimum Gasteiger partial charge on any atom is -0.436 e. The van der Waals surface area contributed by atoms with Gasteiger partial charge in [-0.1, -0.05) is 42.0 Å². The summed E-state index contributed by atoms with van der Waals surface area (Å²) in [6.45, 7) is 2.18. The monoisotopic (exact) mass is 455 g/mol. The van der Waals surface area contributed by atoms with E-state index in [0.717, 1.165) is 29.1 Å². The van der Waals surface area contributed by atoms with Crippen LogP contribution in [0.5, 0.6) is 11.6 Å². The molecule has 0 N–H and O–H groups in total. The Kier molecular flexibility index (Phi) is 6.01. The molecule has 1 fully saturated rings. The minimum atomic E-state index is -0.757. The van der Waals surface area contributed by atoms with Crippen LogP contribution in [-0.2, 0) is 11.3 Å². The summed E-state index contributed by atoms with van der Waals surface area (Å²) < 4.78 is 19.3. The van der Waals surface area contributed by atoms with E-state index in [1.54, 1.807) is 30.3 Å². The number of ether oxygens (including phenoxy) is 1. The minimum absolute atomic E-state index is 0.144. The highest BCUT2D eigenvalue weighted by atomic mass is 35.5. The lowest BCUT2D eigenvalue weighted by Gasteiger charge is -2.12. The van der Waals surface area contributed by atoms with Gasteiger partial charge < -0.3 is 4.74 Å². The number of thioether (sulfide) groups is 1. The fourth-order valence-electron chi connectivity index (χ4n) is 2.85. The Morgan fingerprint density at radius 3 is 2.74 bits per heavy atom. The molecule has 1 aromatic heterocycles. The van der Waals surface area contributed by atoms with E-state index in [1.165, 1.54) is 4.90 Å². The Labute approximate surface area is 186 Å². The van der Waals surface area contributed by atoms with Crippen molar-refractivity contribution in [1.29, 1.82) is 0 Å². The zero-order chi connectivity index (χ0) is 22.0. The normalized spacial score (nSPS) is 15.1. The van der Waals surface area contributed by atoms with Crippen molar-refractivity contribution in [3.8, 4) is 11.6 Å². The number of hydrogen-bond donors (Lipinski definition) is 0. The fraction of sp³-hybridized carbons (Fsp3) is 0.0909. The summed E-state index contributed by atoms with van der Waals surface area (Å²) in [5.41, 5.74) is 2.58. The van der Waals surface area contributed by atoms with E-state index in [9.17, 15) is 14.0 Å². The van der Waals surface area contributed by atoms with Gasteiger partial charge in [0.15, 0.2) is 0 Å². The van der Waals surface area contributed by atoms with Gasteiger partial charge in [-0.2, -0.15) is 9.37 Å². The fourth-order valence-corrected chi connectivity index (χ4v) is 3.81. The highest BCUT2D eigenvalue weighted by Crippen LogP contribution is 2.34. The summed E-state index contributed by atoms with van der Waals surface area (Å²) in [4.78, 5) is 33.9. The first kappa shape index (κ1) is 21.0. The summed E-state index contributed by atoms with van der Waals surface area (Å²) >= 11 is 6.55. The largest absolute Gasteiger partial charge is 0.436 e. The van der Waals surface area contributed by atoms with Crippen LogP contribution >= 0.6 is 23.4 Å². The van der Waals surface area contributed by atoms with Crippen molar-refractivity contribution in [3.05, 3.63) is 87.4 Å². The van der Waals surface area contributed by atoms with Gasteiger partial charge in [0.1, 0.15) is 5.75 Å². The van der Waals surface area contributed by atoms with Crippen molar-refractivity contribution in [1.82, 2.24) is 14.9 Å². The van der Waals surface area contributed by atoms with Crippen molar-refractivity contribution in [2.24, 2.45) is 0 Å². The molecule has 156 valence electrons. The van der Waals surface area contributed by atoms with Gasteiger partial charge in [0.25, 0.3) is 17.0 Å². The molecule has 0 unspecified atom stereocenters. The smallest absolute Gasteiger partial charge is 0.293 e. The molecule has 4 rings (SSSR count). The maximum atomic E-state index is 13.8. The molecule has 0 atom stereocenters. The Bertz CT molecular complexity index is 1200. The van der Waals surface area contributed by atoms with E-state index in [4.69, 9.17) is 16.3 Å². The third-order valence-corrected chi connectivity index (χ3v) is 5.48. The number of carbonyl (C=O) groups excluding carboxylic acids is 2. The molecule has 2 heterocycles. The predicted octanol–water partition coefficient (Wildman–Crippen LogP) is 5.61. The van der Waals surface area contributed by atoms with Crippen molar-refractivity contribution >= 4 is 40.6 Å². The lowest BCUT2D eigenvalue weighted by atomic mass is 10.1. The van der Waals surface area contributed by atoms with Crippen LogP contribution in [0.3, 0.4) is 0 Å². The Hall–Kier alpha value is -3.23. The average molecular weight is 456 g/mol. The van der Waals surface area contributed by atoms with Gasteiger partial charge in [0, 0.05) is 0 Å². The molecule has 2 aromatic carbocycles. The number of halogens is 2. The Balaban J connectivity index is 1.52. The molecule has 6 nitrogen and oxygen atoms in total. The van der Waals surface area contributed by atoms with Gasteiger partial charge in [-0.25, -0.2) is 4.98 Å². The number of aryl methyl sites for hydroxylation is 1. The molecule has 0 saturated carbocycles. The van der Waals surface area contributed by atoms with Gasteiger partial charge >= 0.3 is 0 Å². The second-order valence-electron chi connectivity index (χ2n) is 6.72. The van der Waals surface area contributed by atoms with E-state index < -0.39 is 5.82 Å². The molecule has 1 aliphatic rings. The molecule has 0 radical (unpaired) electrons. The number of rotatable bonds is 5. The van der Waals surface area contributed by atoms with Crippen LogP contribution in [0.1, 0.15) is 16.7 Å². The van der Waals surface area contributed by atoms with Gasteiger partial charge in [-0.15, -0.1) is 0 Å². The summed E-state index contributed by atoms with van der Waals surface area (Å²) in [6.07, 6.45) is 2.51. The number of amides is 2. The van der Waals surface area contributed by atoms with Gasteiger partial charge in [-0.3, -0.25) is 14.5 Å². The number of benzene rings is 2. The molecule has 2 amide bonds. The quantitative estimate of drug-likeness (QED) is 0.368. The van der Waals surface area contributed by atoms with Crippen LogP contribution in [0, 0.1) is 12.7 Å². The zero-order valence-corrected chi connectivity index (χ0v) is 17.8. The topological polar surface area (TPSA) is 72.4 Å². The van der Waals surface area contributed by atoms with E-state index in [2.05, 4.69) is 9.97 Å². The molecule has 0 bridgehead atoms. The number of carbonyl (C=O) groups is 2. The van der Waals surface area contributed by atoms with Gasteiger partial charge in [0.05, 0.1) is 17.6 Å². The van der Waals surface area contributed by atoms with Crippen LogP contribution in [-0.4, -0.2) is 26.0 Å². The number of imide groups is 1. The standard InChI is InChI=1S/C22H15ClFN3O3S/c1-13-5-7-14(8-6-13)12-27-20(28)18(31-22(27)29)10-15-3-2-4-16(9-15)30-19-17(24)11-25-21(23)26-19/h2-11H,12H2,1H3/b18-10+. The van der Waals surface area contributed by atoms with Gasteiger partial charge in [-0.05, 0) is 59.6 Å². The second-order valence-corrected chi connectivity index (χ2v) is 8.05. The summed E-state index contributed by atoms with van der Waals surface area (Å²) in [5, 5.41) is -0.475. The maximum absolute atomic E-state index is 13.8. The van der Waals surface area contributed by atoms with Gasteiger partial charge in [0.2, 0.25) is 11.1 Å². The first-order chi connectivity index (χ1) is 14.9. The van der Waals surface area contributed by atoms with Crippen molar-refractivity contribution in [2.45, 2.75) is 13.5 Å².